The van der Waals surface area contributed by atoms with Crippen LogP contribution < -0.4 is 5.43 Å². The molecule has 4 heterocycles. The second-order valence-electron chi connectivity index (χ2n) is 8.53. The molecule has 0 aliphatic carbocycles. The standard InChI is InChI=1S/C22H31N5O4/c1-16-11-18(28)12-19(31-16)22(29)27-9-10-30-20(21(27)17-13-23-25(3)14-17)15-26-6-4-5-24(2)7-8-26/h11-14,20-21H,4-10,15H2,1-3H3/t20-,21-/m0/s1. The van der Waals surface area contributed by atoms with Gasteiger partial charge in [-0.1, -0.05) is 0 Å². The molecule has 2 saturated heterocycles. The van der Waals surface area contributed by atoms with Crippen LogP contribution in [-0.2, 0) is 11.8 Å². The number of morpholine rings is 1. The minimum absolute atomic E-state index is 0.0657. The fourth-order valence-corrected chi connectivity index (χ4v) is 4.49. The Morgan fingerprint density at radius 2 is 2.00 bits per heavy atom. The Balaban J connectivity index is 1.62. The zero-order chi connectivity index (χ0) is 22.0. The number of rotatable bonds is 4. The molecule has 168 valence electrons. The number of ether oxygens (including phenoxy) is 1. The van der Waals surface area contributed by atoms with E-state index < -0.39 is 0 Å². The quantitative estimate of drug-likeness (QED) is 0.714. The van der Waals surface area contributed by atoms with Crippen molar-refractivity contribution >= 4 is 5.91 Å². The average Bonchev–Trinajstić information content (AvgIpc) is 3.05. The number of amides is 1. The van der Waals surface area contributed by atoms with Gasteiger partial charge < -0.3 is 19.0 Å². The number of aryl methyl sites for hydroxylation is 2. The fraction of sp³-hybridized carbons (Fsp3) is 0.591. The lowest BCUT2D eigenvalue weighted by molar-refractivity contribution is -0.0730. The maximum Gasteiger partial charge on any atom is 0.290 e. The van der Waals surface area contributed by atoms with Crippen LogP contribution in [0.1, 0.15) is 34.3 Å². The second kappa shape index (κ2) is 9.33. The normalized spacial score (nSPS) is 23.6. The highest BCUT2D eigenvalue weighted by Gasteiger charge is 2.39. The summed E-state index contributed by atoms with van der Waals surface area (Å²) in [6, 6.07) is 2.35. The smallest absolute Gasteiger partial charge is 0.290 e. The zero-order valence-corrected chi connectivity index (χ0v) is 18.5. The van der Waals surface area contributed by atoms with Crippen molar-refractivity contribution in [3.63, 3.8) is 0 Å². The maximum atomic E-state index is 13.4. The number of carbonyl (C=O) groups excluding carboxylic acids is 1. The van der Waals surface area contributed by atoms with E-state index in [1.165, 1.54) is 12.1 Å². The molecule has 0 bridgehead atoms. The molecule has 0 spiro atoms. The lowest BCUT2D eigenvalue weighted by Gasteiger charge is -2.42. The van der Waals surface area contributed by atoms with Gasteiger partial charge in [0.2, 0.25) is 0 Å². The van der Waals surface area contributed by atoms with Gasteiger partial charge in [-0.15, -0.1) is 0 Å². The molecule has 2 aliphatic heterocycles. The van der Waals surface area contributed by atoms with Crippen molar-refractivity contribution in [3.8, 4) is 0 Å². The number of aromatic nitrogens is 2. The monoisotopic (exact) mass is 429 g/mol. The van der Waals surface area contributed by atoms with Crippen LogP contribution in [0.5, 0.6) is 0 Å². The van der Waals surface area contributed by atoms with Crippen LogP contribution in [0, 0.1) is 6.92 Å². The summed E-state index contributed by atoms with van der Waals surface area (Å²) < 4.78 is 13.6. The van der Waals surface area contributed by atoms with Gasteiger partial charge in [-0.3, -0.25) is 19.2 Å². The van der Waals surface area contributed by atoms with Gasteiger partial charge in [-0.25, -0.2) is 0 Å². The highest BCUT2D eigenvalue weighted by Crippen LogP contribution is 2.31. The van der Waals surface area contributed by atoms with Crippen LogP contribution in [0.15, 0.2) is 33.7 Å². The van der Waals surface area contributed by atoms with Crippen LogP contribution in [0.4, 0.5) is 0 Å². The van der Waals surface area contributed by atoms with E-state index in [0.29, 0.717) is 18.9 Å². The van der Waals surface area contributed by atoms with E-state index in [0.717, 1.165) is 44.7 Å². The van der Waals surface area contributed by atoms with Crippen LogP contribution in [-0.4, -0.2) is 89.4 Å². The Labute approximate surface area is 182 Å². The van der Waals surface area contributed by atoms with Crippen molar-refractivity contribution in [2.75, 3.05) is 52.9 Å². The van der Waals surface area contributed by atoms with Crippen molar-refractivity contribution in [2.45, 2.75) is 25.5 Å². The first-order valence-electron chi connectivity index (χ1n) is 10.8. The summed E-state index contributed by atoms with van der Waals surface area (Å²) in [6.07, 6.45) is 4.63. The van der Waals surface area contributed by atoms with E-state index in [1.54, 1.807) is 22.7 Å². The summed E-state index contributed by atoms with van der Waals surface area (Å²) in [5.41, 5.74) is 0.686. The molecule has 0 N–H and O–H groups in total. The second-order valence-corrected chi connectivity index (χ2v) is 8.53. The highest BCUT2D eigenvalue weighted by atomic mass is 16.5. The average molecular weight is 430 g/mol. The SMILES string of the molecule is Cc1cc(=O)cc(C(=O)N2CCO[C@@H](CN3CCCN(C)CC3)[C@@H]2c2cnn(C)c2)o1. The summed E-state index contributed by atoms with van der Waals surface area (Å²) in [4.78, 5) is 31.9. The molecule has 2 aromatic rings. The summed E-state index contributed by atoms with van der Waals surface area (Å²) in [5, 5.41) is 4.32. The predicted octanol–water partition coefficient (Wildman–Crippen LogP) is 0.902. The summed E-state index contributed by atoms with van der Waals surface area (Å²) >= 11 is 0. The molecule has 2 aliphatic rings. The third-order valence-corrected chi connectivity index (χ3v) is 6.03. The molecule has 1 amide bonds. The van der Waals surface area contributed by atoms with E-state index in [9.17, 15) is 9.59 Å². The van der Waals surface area contributed by atoms with Crippen LogP contribution in [0.25, 0.3) is 0 Å². The Kier molecular flexibility index (Phi) is 6.54. The molecule has 9 nitrogen and oxygen atoms in total. The molecule has 2 fully saturated rings. The van der Waals surface area contributed by atoms with Gasteiger partial charge in [0.25, 0.3) is 5.91 Å². The lowest BCUT2D eigenvalue weighted by Crippen LogP contribution is -2.52. The molecule has 2 aromatic heterocycles. The van der Waals surface area contributed by atoms with E-state index in [-0.39, 0.29) is 29.2 Å². The third kappa shape index (κ3) is 5.06. The van der Waals surface area contributed by atoms with Crippen LogP contribution in [0.2, 0.25) is 0 Å². The van der Waals surface area contributed by atoms with Gasteiger partial charge in [-0.2, -0.15) is 5.10 Å². The Morgan fingerprint density at radius 1 is 1.16 bits per heavy atom. The van der Waals surface area contributed by atoms with Gasteiger partial charge in [0.1, 0.15) is 5.76 Å². The highest BCUT2D eigenvalue weighted by molar-refractivity contribution is 5.91. The van der Waals surface area contributed by atoms with Gasteiger partial charge in [0, 0.05) is 57.1 Å². The van der Waals surface area contributed by atoms with Crippen LogP contribution in [0.3, 0.4) is 0 Å². The number of hydrogen-bond donors (Lipinski definition) is 0. The van der Waals surface area contributed by atoms with Crippen molar-refractivity contribution in [1.29, 1.82) is 0 Å². The molecular weight excluding hydrogens is 398 g/mol. The van der Waals surface area contributed by atoms with Crippen LogP contribution >= 0.6 is 0 Å². The predicted molar refractivity (Wildman–Crippen MR) is 115 cm³/mol. The van der Waals surface area contributed by atoms with Crippen molar-refractivity contribution in [1.82, 2.24) is 24.5 Å². The van der Waals surface area contributed by atoms with Gasteiger partial charge in [0.15, 0.2) is 11.2 Å². The maximum absolute atomic E-state index is 13.4. The molecule has 9 heteroatoms. The minimum Gasteiger partial charge on any atom is -0.456 e. The number of nitrogens with zero attached hydrogens (tertiary/aromatic N) is 5. The Bertz CT molecular complexity index is 971. The topological polar surface area (TPSA) is 84.0 Å². The molecule has 0 aromatic carbocycles. The molecule has 4 rings (SSSR count). The fourth-order valence-electron chi connectivity index (χ4n) is 4.49. The van der Waals surface area contributed by atoms with Gasteiger partial charge in [-0.05, 0) is 33.5 Å². The first kappa shape index (κ1) is 21.7. The first-order chi connectivity index (χ1) is 14.9. The van der Waals surface area contributed by atoms with E-state index in [4.69, 9.17) is 9.15 Å². The van der Waals surface area contributed by atoms with E-state index >= 15 is 0 Å². The number of hydrogen-bond acceptors (Lipinski definition) is 7. The molecule has 0 radical (unpaired) electrons. The third-order valence-electron chi connectivity index (χ3n) is 6.03. The minimum atomic E-state index is -0.304. The Hall–Kier alpha value is -2.49. The molecule has 0 unspecified atom stereocenters. The van der Waals surface area contributed by atoms with Gasteiger partial charge >= 0.3 is 0 Å². The summed E-state index contributed by atoms with van der Waals surface area (Å²) in [5.74, 6) is 0.196. The number of carbonyl (C=O) groups is 1. The largest absolute Gasteiger partial charge is 0.456 e. The molecular formula is C22H31N5O4. The van der Waals surface area contributed by atoms with E-state index in [2.05, 4.69) is 21.9 Å². The Morgan fingerprint density at radius 3 is 2.74 bits per heavy atom. The zero-order valence-electron chi connectivity index (χ0n) is 18.5. The molecule has 0 saturated carbocycles. The van der Waals surface area contributed by atoms with Gasteiger partial charge in [0.05, 0.1) is 24.9 Å². The van der Waals surface area contributed by atoms with Crippen molar-refractivity contribution < 1.29 is 13.9 Å². The van der Waals surface area contributed by atoms with E-state index in [1.807, 2.05) is 13.2 Å². The van der Waals surface area contributed by atoms with Crippen molar-refractivity contribution in [2.24, 2.45) is 7.05 Å². The summed E-state index contributed by atoms with van der Waals surface area (Å²) in [7, 11) is 4.01. The first-order valence-corrected chi connectivity index (χ1v) is 10.8. The molecule has 2 atom stereocenters. The summed E-state index contributed by atoms with van der Waals surface area (Å²) in [6.45, 7) is 7.35. The van der Waals surface area contributed by atoms with Crippen molar-refractivity contribution in [3.05, 3.63) is 51.8 Å². The lowest BCUT2D eigenvalue weighted by atomic mass is 9.99. The number of likely N-dealkylation sites (N-methyl/N-ethyl adjacent to an activating group) is 1. The molecule has 31 heavy (non-hydrogen) atoms.